The minimum Gasteiger partial charge on any atom is 0 e. The molecular formula is H3NaS2W. The monoisotopic (exact) mass is 274 g/mol. The Kier molecular flexibility index (Phi) is 73.5. The average Bonchev–Trinajstić information content (AvgIpc) is 1.00. The summed E-state index contributed by atoms with van der Waals surface area (Å²) >= 11 is 6.44. The molecular weight excluding hydrogens is 271 g/mol. The van der Waals surface area contributed by atoms with Crippen molar-refractivity contribution in [1.82, 2.24) is 0 Å². The SMILES string of the molecule is SS.[NaH].[W]. The molecule has 0 saturated carbocycles. The van der Waals surface area contributed by atoms with E-state index >= 15 is 0 Å². The van der Waals surface area contributed by atoms with E-state index in [1.165, 1.54) is 0 Å². The Labute approximate surface area is 72.9 Å². The van der Waals surface area contributed by atoms with Crippen LogP contribution in [0.1, 0.15) is 0 Å². The molecule has 0 aromatic heterocycles. The van der Waals surface area contributed by atoms with E-state index in [0.29, 0.717) is 0 Å². The summed E-state index contributed by atoms with van der Waals surface area (Å²) in [5, 5.41) is 0. The van der Waals surface area contributed by atoms with Crippen molar-refractivity contribution in [2.45, 2.75) is 0 Å². The molecule has 0 atom stereocenters. The predicted molar refractivity (Wildman–Crippen MR) is 25.1 cm³/mol. The zero-order valence-electron chi connectivity index (χ0n) is 1.30. The molecule has 0 radical (unpaired) electrons. The number of thiol groups is 2. The maximum atomic E-state index is 3.22. The van der Waals surface area contributed by atoms with E-state index in [2.05, 4.69) is 23.3 Å². The molecule has 0 aromatic carbocycles. The van der Waals surface area contributed by atoms with Gasteiger partial charge in [0.25, 0.3) is 0 Å². The van der Waals surface area contributed by atoms with Crippen molar-refractivity contribution in [2.24, 2.45) is 0 Å². The maximum absolute atomic E-state index is 3.22. The first-order valence-electron chi connectivity index (χ1n) is 0.200. The quantitative estimate of drug-likeness (QED) is 0.350. The number of hydrogen-bond acceptors (Lipinski definition) is 2. The van der Waals surface area contributed by atoms with Crippen LogP contribution in [0.5, 0.6) is 0 Å². The molecule has 0 N–H and O–H groups in total. The number of rotatable bonds is 0. The Balaban J connectivity index is -0.00000000500. The summed E-state index contributed by atoms with van der Waals surface area (Å²) < 4.78 is 0. The molecule has 0 aliphatic carbocycles. The van der Waals surface area contributed by atoms with Crippen LogP contribution in [0.25, 0.3) is 0 Å². The first kappa shape index (κ1) is 16.2. The fourth-order valence-corrected chi connectivity index (χ4v) is 0. The van der Waals surface area contributed by atoms with Crippen molar-refractivity contribution in [3.63, 3.8) is 0 Å². The fourth-order valence-electron chi connectivity index (χ4n) is 0. The first-order chi connectivity index (χ1) is 1.00. The molecule has 0 rings (SSSR count). The molecule has 0 heterocycles. The molecule has 0 unspecified atom stereocenters. The summed E-state index contributed by atoms with van der Waals surface area (Å²) in [6, 6.07) is 0. The summed E-state index contributed by atoms with van der Waals surface area (Å²) in [7, 11) is 0. The van der Waals surface area contributed by atoms with Crippen molar-refractivity contribution in [2.75, 3.05) is 0 Å². The largest absolute Gasteiger partial charge is 0 e. The van der Waals surface area contributed by atoms with Crippen LogP contribution in [0.2, 0.25) is 0 Å². The van der Waals surface area contributed by atoms with Gasteiger partial charge in [0.1, 0.15) is 0 Å². The van der Waals surface area contributed by atoms with E-state index in [0.717, 1.165) is 0 Å². The normalized spacial score (nSPS) is 1.50. The standard InChI is InChI=1S/Na.H2S2.W.H/c;1-2;;/h;1-2H;;. The van der Waals surface area contributed by atoms with Gasteiger partial charge < -0.3 is 0 Å². The zero-order valence-corrected chi connectivity index (χ0v) is 6.02. The average molecular weight is 274 g/mol. The van der Waals surface area contributed by atoms with Gasteiger partial charge >= 0.3 is 29.6 Å². The van der Waals surface area contributed by atoms with E-state index in [4.69, 9.17) is 0 Å². The third kappa shape index (κ3) is 8.83. The van der Waals surface area contributed by atoms with Gasteiger partial charge in [-0.05, 0) is 0 Å². The molecule has 4 heteroatoms. The molecule has 0 saturated heterocycles. The van der Waals surface area contributed by atoms with Crippen LogP contribution in [-0.4, -0.2) is 29.6 Å². The van der Waals surface area contributed by atoms with Crippen molar-refractivity contribution in [3.8, 4) is 0 Å². The van der Waals surface area contributed by atoms with Crippen molar-refractivity contribution < 1.29 is 21.1 Å². The van der Waals surface area contributed by atoms with Crippen molar-refractivity contribution in [1.29, 1.82) is 0 Å². The van der Waals surface area contributed by atoms with Crippen molar-refractivity contribution in [3.05, 3.63) is 0 Å². The van der Waals surface area contributed by atoms with Gasteiger partial charge in [-0.15, -0.1) is 23.3 Å². The third-order valence-corrected chi connectivity index (χ3v) is 0. The molecule has 0 aliphatic heterocycles. The summed E-state index contributed by atoms with van der Waals surface area (Å²) in [4.78, 5) is 0. The second-order valence-electron chi connectivity index (χ2n) is 0. The second-order valence-corrected chi connectivity index (χ2v) is 0. The van der Waals surface area contributed by atoms with Gasteiger partial charge in [0, 0.05) is 21.1 Å². The van der Waals surface area contributed by atoms with Crippen LogP contribution in [0, 0.1) is 0 Å². The number of hydrogen-bond donors (Lipinski definition) is 2. The van der Waals surface area contributed by atoms with Gasteiger partial charge in [0.05, 0.1) is 0 Å². The Morgan fingerprint density at radius 1 is 1.00 bits per heavy atom. The van der Waals surface area contributed by atoms with E-state index in [1.54, 1.807) is 0 Å². The van der Waals surface area contributed by atoms with Gasteiger partial charge in [-0.25, -0.2) is 0 Å². The van der Waals surface area contributed by atoms with Gasteiger partial charge in [-0.2, -0.15) is 0 Å². The molecule has 22 valence electrons. The fraction of sp³-hybridized carbons (Fsp3) is 0. The molecule has 0 aromatic rings. The van der Waals surface area contributed by atoms with Gasteiger partial charge in [-0.3, -0.25) is 0 Å². The molecule has 0 fully saturated rings. The molecule has 0 amide bonds. The molecule has 0 nitrogen and oxygen atoms in total. The Bertz CT molecular complexity index is 6.00. The topological polar surface area (TPSA) is 0 Å². The smallest absolute Gasteiger partial charge is 0 e. The predicted octanol–water partition coefficient (Wildman–Crippen LogP) is 0.110. The first-order valence-corrected chi connectivity index (χ1v) is 1.80. The molecule has 0 bridgehead atoms. The van der Waals surface area contributed by atoms with Gasteiger partial charge in [0.15, 0.2) is 0 Å². The van der Waals surface area contributed by atoms with Crippen LogP contribution < -0.4 is 0 Å². The molecule has 0 spiro atoms. The van der Waals surface area contributed by atoms with E-state index in [9.17, 15) is 0 Å². The Hall–Kier alpha value is 2.39. The van der Waals surface area contributed by atoms with E-state index < -0.39 is 0 Å². The Morgan fingerprint density at radius 3 is 1.00 bits per heavy atom. The molecule has 4 heavy (non-hydrogen) atoms. The summed E-state index contributed by atoms with van der Waals surface area (Å²) in [6.07, 6.45) is 0. The van der Waals surface area contributed by atoms with Crippen LogP contribution in [0.15, 0.2) is 0 Å². The minimum absolute atomic E-state index is 0. The maximum Gasteiger partial charge on any atom is 0 e. The van der Waals surface area contributed by atoms with Gasteiger partial charge in [0.2, 0.25) is 0 Å². The van der Waals surface area contributed by atoms with Crippen LogP contribution in [0.3, 0.4) is 0 Å². The van der Waals surface area contributed by atoms with Crippen LogP contribution in [0.4, 0.5) is 0 Å². The van der Waals surface area contributed by atoms with E-state index in [-0.39, 0.29) is 50.6 Å². The summed E-state index contributed by atoms with van der Waals surface area (Å²) in [5.41, 5.74) is 0. The van der Waals surface area contributed by atoms with Crippen LogP contribution >= 0.6 is 23.3 Å². The minimum atomic E-state index is 0. The van der Waals surface area contributed by atoms with Crippen LogP contribution in [-0.2, 0) is 21.1 Å². The zero-order chi connectivity index (χ0) is 2.00. The third-order valence-electron chi connectivity index (χ3n) is 0. The summed E-state index contributed by atoms with van der Waals surface area (Å²) in [6.45, 7) is 0. The summed E-state index contributed by atoms with van der Waals surface area (Å²) in [5.74, 6) is 0. The Morgan fingerprint density at radius 2 is 1.00 bits per heavy atom. The van der Waals surface area contributed by atoms with Crippen molar-refractivity contribution >= 4 is 52.9 Å². The van der Waals surface area contributed by atoms with Gasteiger partial charge in [-0.1, -0.05) is 0 Å². The molecule has 0 aliphatic rings. The van der Waals surface area contributed by atoms with E-state index in [1.807, 2.05) is 0 Å². The second kappa shape index (κ2) is 18.2.